The molecule has 3 rings (SSSR count). The molecule has 0 saturated heterocycles. The van der Waals surface area contributed by atoms with E-state index in [-0.39, 0.29) is 17.7 Å². The molecule has 3 aromatic rings. The van der Waals surface area contributed by atoms with Gasteiger partial charge < -0.3 is 5.32 Å². The van der Waals surface area contributed by atoms with Crippen LogP contribution >= 0.6 is 35.0 Å². The molecule has 0 bridgehead atoms. The van der Waals surface area contributed by atoms with Crippen LogP contribution in [0.2, 0.25) is 10.0 Å². The van der Waals surface area contributed by atoms with Crippen LogP contribution in [0.1, 0.15) is 19.4 Å². The molecule has 0 aliphatic rings. The number of nitrogens with zero attached hydrogens (tertiary/aromatic N) is 3. The second kappa shape index (κ2) is 8.99. The minimum Gasteiger partial charge on any atom is -0.353 e. The molecule has 8 heteroatoms. The van der Waals surface area contributed by atoms with Crippen LogP contribution in [0, 0.1) is 6.92 Å². The fourth-order valence-electron chi connectivity index (χ4n) is 2.73. The van der Waals surface area contributed by atoms with Gasteiger partial charge in [-0.25, -0.2) is 0 Å². The van der Waals surface area contributed by atoms with Crippen LogP contribution < -0.4 is 5.32 Å². The molecule has 2 aromatic carbocycles. The second-order valence-electron chi connectivity index (χ2n) is 6.56. The van der Waals surface area contributed by atoms with Gasteiger partial charge in [-0.3, -0.25) is 9.36 Å². The first-order valence-corrected chi connectivity index (χ1v) is 10.5. The van der Waals surface area contributed by atoms with Gasteiger partial charge in [-0.05, 0) is 50.6 Å². The van der Waals surface area contributed by atoms with Gasteiger partial charge in [0, 0.05) is 16.6 Å². The smallest absolute Gasteiger partial charge is 0.230 e. The molecule has 0 spiro atoms. The van der Waals surface area contributed by atoms with Crippen LogP contribution in [0.5, 0.6) is 0 Å². The normalized spacial score (nSPS) is 11.1. The number of amides is 1. The predicted octanol–water partition coefficient (Wildman–Crippen LogP) is 5.17. The summed E-state index contributed by atoms with van der Waals surface area (Å²) in [6, 6.07) is 13.3. The zero-order valence-electron chi connectivity index (χ0n) is 15.7. The van der Waals surface area contributed by atoms with Crippen LogP contribution in [0.25, 0.3) is 17.1 Å². The Kier molecular flexibility index (Phi) is 6.65. The Labute approximate surface area is 178 Å². The topological polar surface area (TPSA) is 59.8 Å². The van der Waals surface area contributed by atoms with Crippen LogP contribution in [-0.2, 0) is 4.79 Å². The van der Waals surface area contributed by atoms with Crippen molar-refractivity contribution >= 4 is 40.9 Å². The molecule has 0 radical (unpaired) electrons. The van der Waals surface area contributed by atoms with Crippen molar-refractivity contribution in [3.63, 3.8) is 0 Å². The molecule has 1 amide bonds. The van der Waals surface area contributed by atoms with E-state index in [4.69, 9.17) is 23.2 Å². The van der Waals surface area contributed by atoms with Crippen molar-refractivity contribution in [2.75, 3.05) is 5.75 Å². The summed E-state index contributed by atoms with van der Waals surface area (Å²) in [5, 5.41) is 13.2. The molecule has 146 valence electrons. The Morgan fingerprint density at radius 2 is 1.93 bits per heavy atom. The van der Waals surface area contributed by atoms with E-state index in [1.165, 1.54) is 11.8 Å². The standard InChI is InChI=1S/C20H20Cl2N4OS/c1-12(2)23-18(27)11-28-20-25-24-19(15-9-8-14(21)10-16(15)22)26(20)17-7-5-4-6-13(17)3/h4-10,12H,11H2,1-3H3,(H,23,27). The van der Waals surface area contributed by atoms with Crippen molar-refractivity contribution in [3.8, 4) is 17.1 Å². The molecule has 0 fully saturated rings. The SMILES string of the molecule is Cc1ccccc1-n1c(SCC(=O)NC(C)C)nnc1-c1ccc(Cl)cc1Cl. The lowest BCUT2D eigenvalue weighted by Gasteiger charge is -2.14. The number of aryl methyl sites for hydroxylation is 1. The average Bonchev–Trinajstić information content (AvgIpc) is 3.03. The first-order valence-electron chi connectivity index (χ1n) is 8.76. The summed E-state index contributed by atoms with van der Waals surface area (Å²) >= 11 is 13.8. The van der Waals surface area contributed by atoms with Crippen molar-refractivity contribution in [2.24, 2.45) is 0 Å². The van der Waals surface area contributed by atoms with E-state index < -0.39 is 0 Å². The van der Waals surface area contributed by atoms with Crippen molar-refractivity contribution in [2.45, 2.75) is 32.0 Å². The highest BCUT2D eigenvalue weighted by molar-refractivity contribution is 7.99. The summed E-state index contributed by atoms with van der Waals surface area (Å²) in [5.41, 5.74) is 2.71. The van der Waals surface area contributed by atoms with Crippen LogP contribution in [0.15, 0.2) is 47.6 Å². The van der Waals surface area contributed by atoms with E-state index in [1.807, 2.05) is 55.7 Å². The number of thioether (sulfide) groups is 1. The van der Waals surface area contributed by atoms with Gasteiger partial charge in [0.05, 0.1) is 16.5 Å². The summed E-state index contributed by atoms with van der Waals surface area (Å²) in [5.74, 6) is 0.796. The van der Waals surface area contributed by atoms with Crippen LogP contribution in [-0.4, -0.2) is 32.5 Å². The Morgan fingerprint density at radius 1 is 1.18 bits per heavy atom. The molecule has 1 aromatic heterocycles. The summed E-state index contributed by atoms with van der Waals surface area (Å²) < 4.78 is 1.93. The maximum atomic E-state index is 12.1. The Hall–Kier alpha value is -2.02. The number of halogens is 2. The molecule has 0 aliphatic carbocycles. The van der Waals surface area contributed by atoms with Gasteiger partial charge in [0.2, 0.25) is 5.91 Å². The number of carbonyl (C=O) groups is 1. The lowest BCUT2D eigenvalue weighted by molar-refractivity contribution is -0.119. The summed E-state index contributed by atoms with van der Waals surface area (Å²) in [6.45, 7) is 5.88. The number of hydrogen-bond acceptors (Lipinski definition) is 4. The Balaban J connectivity index is 2.05. The third kappa shape index (κ3) is 4.69. The van der Waals surface area contributed by atoms with E-state index in [9.17, 15) is 4.79 Å². The van der Waals surface area contributed by atoms with Crippen LogP contribution in [0.4, 0.5) is 0 Å². The quantitative estimate of drug-likeness (QED) is 0.543. The van der Waals surface area contributed by atoms with Gasteiger partial charge in [0.15, 0.2) is 11.0 Å². The highest BCUT2D eigenvalue weighted by Gasteiger charge is 2.20. The van der Waals surface area contributed by atoms with Gasteiger partial charge in [-0.15, -0.1) is 10.2 Å². The minimum absolute atomic E-state index is 0.0505. The zero-order valence-corrected chi connectivity index (χ0v) is 18.1. The van der Waals surface area contributed by atoms with Gasteiger partial charge >= 0.3 is 0 Å². The number of hydrogen-bond donors (Lipinski definition) is 1. The molecule has 0 atom stereocenters. The average molecular weight is 435 g/mol. The Morgan fingerprint density at radius 3 is 2.61 bits per heavy atom. The van der Waals surface area contributed by atoms with Gasteiger partial charge in [0.25, 0.3) is 0 Å². The van der Waals surface area contributed by atoms with Gasteiger partial charge in [0.1, 0.15) is 0 Å². The molecule has 0 aliphatic heterocycles. The van der Waals surface area contributed by atoms with E-state index in [0.29, 0.717) is 21.0 Å². The molecule has 28 heavy (non-hydrogen) atoms. The number of aromatic nitrogens is 3. The van der Waals surface area contributed by atoms with E-state index in [0.717, 1.165) is 16.8 Å². The highest BCUT2D eigenvalue weighted by atomic mass is 35.5. The lowest BCUT2D eigenvalue weighted by atomic mass is 10.1. The molecular formula is C20H20Cl2N4OS. The van der Waals surface area contributed by atoms with E-state index in [2.05, 4.69) is 15.5 Å². The first-order chi connectivity index (χ1) is 13.4. The van der Waals surface area contributed by atoms with Crippen LogP contribution in [0.3, 0.4) is 0 Å². The third-order valence-electron chi connectivity index (χ3n) is 3.94. The molecule has 0 saturated carbocycles. The number of nitrogens with one attached hydrogen (secondary N) is 1. The largest absolute Gasteiger partial charge is 0.353 e. The maximum absolute atomic E-state index is 12.1. The molecule has 1 N–H and O–H groups in total. The first kappa shape index (κ1) is 20.7. The number of rotatable bonds is 6. The predicted molar refractivity (Wildman–Crippen MR) is 116 cm³/mol. The monoisotopic (exact) mass is 434 g/mol. The summed E-state index contributed by atoms with van der Waals surface area (Å²) in [4.78, 5) is 12.1. The maximum Gasteiger partial charge on any atom is 0.230 e. The zero-order chi connectivity index (χ0) is 20.3. The number of carbonyl (C=O) groups excluding carboxylic acids is 1. The molecule has 5 nitrogen and oxygen atoms in total. The van der Waals surface area contributed by atoms with E-state index in [1.54, 1.807) is 12.1 Å². The third-order valence-corrected chi connectivity index (χ3v) is 5.42. The summed E-state index contributed by atoms with van der Waals surface area (Å²) in [7, 11) is 0. The molecule has 1 heterocycles. The fourth-order valence-corrected chi connectivity index (χ4v) is 3.98. The number of benzene rings is 2. The van der Waals surface area contributed by atoms with E-state index >= 15 is 0 Å². The van der Waals surface area contributed by atoms with Crippen molar-refractivity contribution in [1.29, 1.82) is 0 Å². The lowest BCUT2D eigenvalue weighted by Crippen LogP contribution is -2.31. The number of para-hydroxylation sites is 1. The van der Waals surface area contributed by atoms with Crippen molar-refractivity contribution in [3.05, 3.63) is 58.1 Å². The Bertz CT molecular complexity index is 1000. The minimum atomic E-state index is -0.0505. The van der Waals surface area contributed by atoms with Gasteiger partial charge in [-0.2, -0.15) is 0 Å². The second-order valence-corrected chi connectivity index (χ2v) is 8.35. The van der Waals surface area contributed by atoms with Gasteiger partial charge in [-0.1, -0.05) is 53.2 Å². The van der Waals surface area contributed by atoms with Crippen molar-refractivity contribution in [1.82, 2.24) is 20.1 Å². The molecule has 0 unspecified atom stereocenters. The fraction of sp³-hybridized carbons (Fsp3) is 0.250. The molecular weight excluding hydrogens is 415 g/mol. The summed E-state index contributed by atoms with van der Waals surface area (Å²) in [6.07, 6.45) is 0. The highest BCUT2D eigenvalue weighted by Crippen LogP contribution is 2.34. The van der Waals surface area contributed by atoms with Crippen molar-refractivity contribution < 1.29 is 4.79 Å².